The van der Waals surface area contributed by atoms with Crippen molar-refractivity contribution in [2.75, 3.05) is 6.54 Å². The number of aliphatic hydroxyl groups excluding tert-OH is 1. The van der Waals surface area contributed by atoms with E-state index in [1.54, 1.807) is 0 Å². The molecule has 6 nitrogen and oxygen atoms in total. The first kappa shape index (κ1) is 17.5. The zero-order chi connectivity index (χ0) is 17.8. The molecular formula is C18H22FN3O3. The molecule has 1 amide bonds. The number of nitrogens with one attached hydrogen (secondary N) is 2. The Bertz CT molecular complexity index is 815. The maximum Gasteiger partial charge on any atom is 0.275 e. The average molecular weight is 347 g/mol. The number of H-pyrrole nitrogens is 1. The summed E-state index contributed by atoms with van der Waals surface area (Å²) < 4.78 is 13.6. The third-order valence-corrected chi connectivity index (χ3v) is 4.89. The van der Waals surface area contributed by atoms with E-state index in [1.165, 1.54) is 24.6 Å². The number of halogens is 1. The van der Waals surface area contributed by atoms with Crippen LogP contribution in [-0.4, -0.2) is 33.9 Å². The van der Waals surface area contributed by atoms with Crippen LogP contribution in [0, 0.1) is 11.7 Å². The fourth-order valence-corrected chi connectivity index (χ4v) is 3.44. The smallest absolute Gasteiger partial charge is 0.275 e. The van der Waals surface area contributed by atoms with Crippen molar-refractivity contribution in [2.45, 2.75) is 44.6 Å². The molecule has 1 atom stereocenters. The lowest BCUT2D eigenvalue weighted by molar-refractivity contribution is 0.0747. The summed E-state index contributed by atoms with van der Waals surface area (Å²) in [6.07, 6.45) is 5.53. The van der Waals surface area contributed by atoms with E-state index in [1.807, 2.05) is 0 Å². The molecule has 1 aromatic heterocycles. The van der Waals surface area contributed by atoms with Crippen LogP contribution in [0.15, 0.2) is 23.0 Å². The molecule has 134 valence electrons. The monoisotopic (exact) mass is 347 g/mol. The maximum absolute atomic E-state index is 13.6. The average Bonchev–Trinajstić information content (AvgIpc) is 2.63. The minimum absolute atomic E-state index is 0.0169. The zero-order valence-corrected chi connectivity index (χ0v) is 13.9. The lowest BCUT2D eigenvalue weighted by atomic mass is 9.84. The summed E-state index contributed by atoms with van der Waals surface area (Å²) >= 11 is 0. The van der Waals surface area contributed by atoms with E-state index >= 15 is 0 Å². The summed E-state index contributed by atoms with van der Waals surface area (Å²) in [5, 5.41) is 19.0. The molecular weight excluding hydrogens is 325 g/mol. The standard InChI is InChI=1S/C18H22FN3O3/c19-13-8-4-7-12-15(13)21-22-16(17(12)24)18(25)20-10-9-14(23)11-5-2-1-3-6-11/h4,7-8,11,14,23H,1-3,5-6,9-10H2,(H,20,25)(H,21,24). The van der Waals surface area contributed by atoms with Crippen LogP contribution >= 0.6 is 0 Å². The zero-order valence-electron chi connectivity index (χ0n) is 13.9. The summed E-state index contributed by atoms with van der Waals surface area (Å²) in [6.45, 7) is 0.263. The van der Waals surface area contributed by atoms with Gasteiger partial charge in [0.15, 0.2) is 5.69 Å². The molecule has 0 radical (unpaired) electrons. The van der Waals surface area contributed by atoms with Gasteiger partial charge in [-0.2, -0.15) is 5.10 Å². The second-order valence-corrected chi connectivity index (χ2v) is 6.57. The number of aromatic nitrogens is 2. The number of amides is 1. The number of para-hydroxylation sites is 1. The Labute approximate surface area is 144 Å². The summed E-state index contributed by atoms with van der Waals surface area (Å²) in [6, 6.07) is 4.07. The third-order valence-electron chi connectivity index (χ3n) is 4.89. The van der Waals surface area contributed by atoms with Crippen molar-refractivity contribution in [1.82, 2.24) is 15.5 Å². The number of hydrogen-bond donors (Lipinski definition) is 3. The van der Waals surface area contributed by atoms with Gasteiger partial charge in [0.25, 0.3) is 5.91 Å². The first-order valence-electron chi connectivity index (χ1n) is 8.71. The minimum Gasteiger partial charge on any atom is -0.393 e. The SMILES string of the molecule is O=C(NCCC(O)C1CCCCC1)c1n[nH]c2c(F)cccc2c1=O. The summed E-state index contributed by atoms with van der Waals surface area (Å²) in [5.41, 5.74) is -0.930. The third kappa shape index (κ3) is 3.87. The molecule has 3 rings (SSSR count). The molecule has 0 spiro atoms. The normalized spacial score (nSPS) is 16.7. The number of fused-ring (bicyclic) bond motifs is 1. The van der Waals surface area contributed by atoms with Crippen LogP contribution in [0.1, 0.15) is 49.0 Å². The Balaban J connectivity index is 1.62. The van der Waals surface area contributed by atoms with Crippen molar-refractivity contribution in [1.29, 1.82) is 0 Å². The highest BCUT2D eigenvalue weighted by molar-refractivity contribution is 5.95. The number of nitrogens with zero attached hydrogens (tertiary/aromatic N) is 1. The van der Waals surface area contributed by atoms with Crippen LogP contribution < -0.4 is 10.7 Å². The van der Waals surface area contributed by atoms with Gasteiger partial charge in [-0.15, -0.1) is 0 Å². The van der Waals surface area contributed by atoms with Crippen molar-refractivity contribution in [3.63, 3.8) is 0 Å². The Kier molecular flexibility index (Phi) is 5.43. The fraction of sp³-hybridized carbons (Fsp3) is 0.500. The number of benzene rings is 1. The van der Waals surface area contributed by atoms with Gasteiger partial charge in [0.2, 0.25) is 5.43 Å². The molecule has 1 aliphatic carbocycles. The Morgan fingerprint density at radius 2 is 2.12 bits per heavy atom. The van der Waals surface area contributed by atoms with Crippen LogP contribution in [0.2, 0.25) is 0 Å². The Morgan fingerprint density at radius 1 is 1.36 bits per heavy atom. The Hall–Kier alpha value is -2.28. The molecule has 25 heavy (non-hydrogen) atoms. The highest BCUT2D eigenvalue weighted by Gasteiger charge is 2.22. The van der Waals surface area contributed by atoms with Crippen LogP contribution in [0.3, 0.4) is 0 Å². The van der Waals surface area contributed by atoms with Crippen molar-refractivity contribution < 1.29 is 14.3 Å². The van der Waals surface area contributed by atoms with Crippen molar-refractivity contribution in [2.24, 2.45) is 5.92 Å². The van der Waals surface area contributed by atoms with Crippen molar-refractivity contribution >= 4 is 16.8 Å². The van der Waals surface area contributed by atoms with Crippen molar-refractivity contribution in [3.05, 3.63) is 39.9 Å². The number of aliphatic hydroxyl groups is 1. The van der Waals surface area contributed by atoms with E-state index in [-0.39, 0.29) is 29.1 Å². The maximum atomic E-state index is 13.6. The molecule has 1 fully saturated rings. The van der Waals surface area contributed by atoms with E-state index in [9.17, 15) is 19.1 Å². The molecule has 0 saturated heterocycles. The fourth-order valence-electron chi connectivity index (χ4n) is 3.44. The number of carbonyl (C=O) groups is 1. The summed E-state index contributed by atoms with van der Waals surface area (Å²) in [4.78, 5) is 24.5. The quantitative estimate of drug-likeness (QED) is 0.772. The lowest BCUT2D eigenvalue weighted by Gasteiger charge is -2.26. The second-order valence-electron chi connectivity index (χ2n) is 6.57. The van der Waals surface area contributed by atoms with Crippen LogP contribution in [0.25, 0.3) is 10.9 Å². The molecule has 0 bridgehead atoms. The molecule has 1 aliphatic rings. The molecule has 3 N–H and O–H groups in total. The van der Waals surface area contributed by atoms with Gasteiger partial charge in [0.05, 0.1) is 11.5 Å². The van der Waals surface area contributed by atoms with Gasteiger partial charge < -0.3 is 10.4 Å². The number of rotatable bonds is 5. The largest absolute Gasteiger partial charge is 0.393 e. The molecule has 1 unspecified atom stereocenters. The molecule has 1 heterocycles. The van der Waals surface area contributed by atoms with Crippen molar-refractivity contribution in [3.8, 4) is 0 Å². The molecule has 2 aromatic rings. The number of carbonyl (C=O) groups excluding carboxylic acids is 1. The van der Waals surface area contributed by atoms with Crippen LogP contribution in [0.4, 0.5) is 4.39 Å². The van der Waals surface area contributed by atoms with Gasteiger partial charge in [-0.25, -0.2) is 4.39 Å². The predicted octanol–water partition coefficient (Wildman–Crippen LogP) is 2.12. The second kappa shape index (κ2) is 7.74. The van der Waals surface area contributed by atoms with Gasteiger partial charge in [0.1, 0.15) is 11.3 Å². The van der Waals surface area contributed by atoms with E-state index in [2.05, 4.69) is 15.5 Å². The summed E-state index contributed by atoms with van der Waals surface area (Å²) in [7, 11) is 0. The number of aromatic amines is 1. The van der Waals surface area contributed by atoms with Gasteiger partial charge in [-0.1, -0.05) is 25.3 Å². The first-order chi connectivity index (χ1) is 12.1. The van der Waals surface area contributed by atoms with Gasteiger partial charge in [-0.05, 0) is 37.3 Å². The summed E-state index contributed by atoms with van der Waals surface area (Å²) in [5.74, 6) is -0.927. The molecule has 1 saturated carbocycles. The lowest BCUT2D eigenvalue weighted by Crippen LogP contribution is -2.34. The van der Waals surface area contributed by atoms with Gasteiger partial charge >= 0.3 is 0 Å². The first-order valence-corrected chi connectivity index (χ1v) is 8.71. The topological polar surface area (TPSA) is 95.1 Å². The van der Waals surface area contributed by atoms with Crippen LogP contribution in [-0.2, 0) is 0 Å². The Morgan fingerprint density at radius 3 is 2.88 bits per heavy atom. The molecule has 7 heteroatoms. The van der Waals surface area contributed by atoms with E-state index in [0.29, 0.717) is 6.42 Å². The molecule has 0 aliphatic heterocycles. The highest BCUT2D eigenvalue weighted by atomic mass is 19.1. The van der Waals surface area contributed by atoms with Crippen LogP contribution in [0.5, 0.6) is 0 Å². The minimum atomic E-state index is -0.622. The predicted molar refractivity (Wildman–Crippen MR) is 91.9 cm³/mol. The van der Waals surface area contributed by atoms with Gasteiger partial charge in [-0.3, -0.25) is 14.7 Å². The van der Waals surface area contributed by atoms with E-state index in [4.69, 9.17) is 0 Å². The molecule has 1 aromatic carbocycles. The van der Waals surface area contributed by atoms with Gasteiger partial charge in [0, 0.05) is 6.54 Å². The van der Waals surface area contributed by atoms with E-state index in [0.717, 1.165) is 25.7 Å². The number of hydrogen-bond acceptors (Lipinski definition) is 4. The van der Waals surface area contributed by atoms with E-state index < -0.39 is 23.3 Å². The highest BCUT2D eigenvalue weighted by Crippen LogP contribution is 2.27.